The Balaban J connectivity index is 0. The normalized spacial score (nSPS) is 19.5. The second kappa shape index (κ2) is 7.38. The van der Waals surface area contributed by atoms with Crippen LogP contribution < -0.4 is 11.1 Å². The van der Waals surface area contributed by atoms with Crippen molar-refractivity contribution in [1.82, 2.24) is 5.32 Å². The van der Waals surface area contributed by atoms with E-state index in [-0.39, 0.29) is 30.7 Å². The van der Waals surface area contributed by atoms with Gasteiger partial charge in [0.05, 0.1) is 0 Å². The number of carboxylic acid groups (broad SMARTS) is 1. The van der Waals surface area contributed by atoms with Crippen molar-refractivity contribution in [3.8, 4) is 0 Å². The first-order valence-corrected chi connectivity index (χ1v) is 3.91. The van der Waals surface area contributed by atoms with Gasteiger partial charge >= 0.3 is 5.97 Å². The Bertz CT molecular complexity index is 151. The number of halogens is 2. The molecule has 13 heavy (non-hydrogen) atoms. The van der Waals surface area contributed by atoms with Crippen LogP contribution in [0.2, 0.25) is 0 Å². The fourth-order valence-corrected chi connectivity index (χ4v) is 1.41. The Morgan fingerprint density at radius 3 is 2.23 bits per heavy atom. The summed E-state index contributed by atoms with van der Waals surface area (Å²) in [7, 11) is 0. The zero-order chi connectivity index (χ0) is 8.27. The molecule has 0 saturated carbocycles. The average molecular weight is 231 g/mol. The van der Waals surface area contributed by atoms with Gasteiger partial charge in [-0.25, -0.2) is 0 Å². The van der Waals surface area contributed by atoms with Gasteiger partial charge in [-0.3, -0.25) is 4.79 Å². The molecule has 0 aliphatic carbocycles. The number of nitrogens with one attached hydrogen (secondary N) is 1. The minimum Gasteiger partial charge on any atom is -0.480 e. The standard InChI is InChI=1S/C7H14N2O2.2ClH/c8-6(7(10)11)5-1-3-9-4-2-5;;/h5-6,9H,1-4,8H2,(H,10,11);2*1H. The van der Waals surface area contributed by atoms with E-state index in [9.17, 15) is 4.79 Å². The molecule has 6 heteroatoms. The van der Waals surface area contributed by atoms with Crippen molar-refractivity contribution < 1.29 is 9.90 Å². The summed E-state index contributed by atoms with van der Waals surface area (Å²) in [6, 6.07) is -0.669. The van der Waals surface area contributed by atoms with Gasteiger partial charge < -0.3 is 16.2 Å². The quantitative estimate of drug-likeness (QED) is 0.636. The topological polar surface area (TPSA) is 75.4 Å². The zero-order valence-electron chi connectivity index (χ0n) is 7.23. The molecular weight excluding hydrogens is 215 g/mol. The van der Waals surface area contributed by atoms with Gasteiger partial charge in [-0.1, -0.05) is 0 Å². The lowest BCUT2D eigenvalue weighted by Crippen LogP contribution is -2.43. The smallest absolute Gasteiger partial charge is 0.320 e. The molecule has 1 saturated heterocycles. The molecule has 1 aliphatic heterocycles. The molecule has 0 bridgehead atoms. The Morgan fingerprint density at radius 2 is 1.85 bits per heavy atom. The molecule has 0 spiro atoms. The van der Waals surface area contributed by atoms with Crippen LogP contribution in [0.15, 0.2) is 0 Å². The van der Waals surface area contributed by atoms with E-state index in [1.54, 1.807) is 0 Å². The third kappa shape index (κ3) is 4.67. The molecule has 0 amide bonds. The SMILES string of the molecule is Cl.Cl.NC(C(=O)O)C1CCNCC1. The van der Waals surface area contributed by atoms with Crippen molar-refractivity contribution in [2.24, 2.45) is 11.7 Å². The number of hydrogen-bond acceptors (Lipinski definition) is 3. The van der Waals surface area contributed by atoms with Gasteiger partial charge in [0, 0.05) is 0 Å². The van der Waals surface area contributed by atoms with E-state index in [0.29, 0.717) is 0 Å². The highest BCUT2D eigenvalue weighted by Crippen LogP contribution is 2.14. The number of rotatable bonds is 2. The van der Waals surface area contributed by atoms with Gasteiger partial charge in [0.15, 0.2) is 0 Å². The van der Waals surface area contributed by atoms with Gasteiger partial charge in [-0.15, -0.1) is 24.8 Å². The lowest BCUT2D eigenvalue weighted by molar-refractivity contribution is -0.140. The van der Waals surface area contributed by atoms with Crippen LogP contribution in [-0.4, -0.2) is 30.2 Å². The van der Waals surface area contributed by atoms with Crippen LogP contribution in [0, 0.1) is 5.92 Å². The molecule has 1 unspecified atom stereocenters. The summed E-state index contributed by atoms with van der Waals surface area (Å²) < 4.78 is 0. The summed E-state index contributed by atoms with van der Waals surface area (Å²) in [5, 5.41) is 11.7. The number of hydrogen-bond donors (Lipinski definition) is 3. The van der Waals surface area contributed by atoms with E-state index < -0.39 is 12.0 Å². The second-order valence-electron chi connectivity index (χ2n) is 2.95. The van der Waals surface area contributed by atoms with E-state index in [2.05, 4.69) is 5.32 Å². The molecule has 80 valence electrons. The third-order valence-electron chi connectivity index (χ3n) is 2.18. The molecule has 0 aromatic carbocycles. The number of aliphatic carboxylic acids is 1. The fourth-order valence-electron chi connectivity index (χ4n) is 1.41. The Morgan fingerprint density at radius 1 is 1.38 bits per heavy atom. The first-order valence-electron chi connectivity index (χ1n) is 3.91. The average Bonchev–Trinajstić information content (AvgIpc) is 2.05. The van der Waals surface area contributed by atoms with E-state index in [0.717, 1.165) is 25.9 Å². The van der Waals surface area contributed by atoms with Crippen LogP contribution >= 0.6 is 24.8 Å². The van der Waals surface area contributed by atoms with Crippen LogP contribution in [0.25, 0.3) is 0 Å². The molecule has 4 N–H and O–H groups in total. The van der Waals surface area contributed by atoms with Gasteiger partial charge in [0.2, 0.25) is 0 Å². The molecule has 1 atom stereocenters. The predicted molar refractivity (Wildman–Crippen MR) is 55.7 cm³/mol. The van der Waals surface area contributed by atoms with Crippen molar-refractivity contribution in [3.05, 3.63) is 0 Å². The first kappa shape index (κ1) is 15.4. The van der Waals surface area contributed by atoms with E-state index in [4.69, 9.17) is 10.8 Å². The maximum Gasteiger partial charge on any atom is 0.320 e. The molecular formula is C7H16Cl2N2O2. The summed E-state index contributed by atoms with van der Waals surface area (Å²) in [6.07, 6.45) is 1.76. The largest absolute Gasteiger partial charge is 0.480 e. The summed E-state index contributed by atoms with van der Waals surface area (Å²) in [4.78, 5) is 10.5. The molecule has 1 aliphatic rings. The monoisotopic (exact) mass is 230 g/mol. The van der Waals surface area contributed by atoms with Gasteiger partial charge in [0.25, 0.3) is 0 Å². The Labute approximate surface area is 90.1 Å². The molecule has 0 aromatic rings. The summed E-state index contributed by atoms with van der Waals surface area (Å²) >= 11 is 0. The number of carboxylic acids is 1. The maximum absolute atomic E-state index is 10.5. The second-order valence-corrected chi connectivity index (χ2v) is 2.95. The summed E-state index contributed by atoms with van der Waals surface area (Å²) in [5.74, 6) is -0.717. The maximum atomic E-state index is 10.5. The minimum atomic E-state index is -0.878. The fraction of sp³-hybridized carbons (Fsp3) is 0.857. The molecule has 0 aromatic heterocycles. The van der Waals surface area contributed by atoms with Gasteiger partial charge in [0.1, 0.15) is 6.04 Å². The lowest BCUT2D eigenvalue weighted by Gasteiger charge is -2.25. The number of carbonyl (C=O) groups is 1. The first-order chi connectivity index (χ1) is 5.22. The highest BCUT2D eigenvalue weighted by Gasteiger charge is 2.25. The van der Waals surface area contributed by atoms with Crippen molar-refractivity contribution in [3.63, 3.8) is 0 Å². The predicted octanol–water partition coefficient (Wildman–Crippen LogP) is 0.241. The number of piperidine rings is 1. The lowest BCUT2D eigenvalue weighted by atomic mass is 9.91. The van der Waals surface area contributed by atoms with Crippen LogP contribution in [-0.2, 0) is 4.79 Å². The van der Waals surface area contributed by atoms with E-state index >= 15 is 0 Å². The van der Waals surface area contributed by atoms with E-state index in [1.165, 1.54) is 0 Å². The van der Waals surface area contributed by atoms with Crippen molar-refractivity contribution in [1.29, 1.82) is 0 Å². The van der Waals surface area contributed by atoms with Crippen LogP contribution in [0.5, 0.6) is 0 Å². The highest BCUT2D eigenvalue weighted by atomic mass is 35.5. The van der Waals surface area contributed by atoms with Crippen LogP contribution in [0.1, 0.15) is 12.8 Å². The van der Waals surface area contributed by atoms with Crippen molar-refractivity contribution in [2.75, 3.05) is 13.1 Å². The number of nitrogens with two attached hydrogens (primary N) is 1. The van der Waals surface area contributed by atoms with Crippen LogP contribution in [0.3, 0.4) is 0 Å². The van der Waals surface area contributed by atoms with Crippen LogP contribution in [0.4, 0.5) is 0 Å². The minimum absolute atomic E-state index is 0. The third-order valence-corrected chi connectivity index (χ3v) is 2.18. The van der Waals surface area contributed by atoms with Gasteiger partial charge in [-0.2, -0.15) is 0 Å². The Kier molecular flexibility index (Phi) is 8.77. The molecule has 1 rings (SSSR count). The summed E-state index contributed by atoms with van der Waals surface area (Å²) in [6.45, 7) is 1.79. The molecule has 1 heterocycles. The van der Waals surface area contributed by atoms with E-state index in [1.807, 2.05) is 0 Å². The van der Waals surface area contributed by atoms with Gasteiger partial charge in [-0.05, 0) is 31.8 Å². The van der Waals surface area contributed by atoms with Crippen molar-refractivity contribution >= 4 is 30.8 Å². The molecule has 4 nitrogen and oxygen atoms in total. The van der Waals surface area contributed by atoms with Crippen molar-refractivity contribution in [2.45, 2.75) is 18.9 Å². The summed E-state index contributed by atoms with van der Waals surface area (Å²) in [5.41, 5.74) is 5.46. The molecule has 0 radical (unpaired) electrons. The molecule has 1 fully saturated rings. The zero-order valence-corrected chi connectivity index (χ0v) is 8.87. The highest BCUT2D eigenvalue weighted by molar-refractivity contribution is 5.85. The Hall–Kier alpha value is -0.0300.